The molecule has 0 aromatic heterocycles. The minimum absolute atomic E-state index is 0.153. The van der Waals surface area contributed by atoms with Gasteiger partial charge in [0.05, 0.1) is 0 Å². The highest BCUT2D eigenvalue weighted by Gasteiger charge is 2.29. The largest absolute Gasteiger partial charge is 0.356 e. The molecule has 1 fully saturated rings. The summed E-state index contributed by atoms with van der Waals surface area (Å²) in [6, 6.07) is 0.833. The van der Waals surface area contributed by atoms with Crippen molar-refractivity contribution < 1.29 is 4.79 Å². The minimum atomic E-state index is 0.153. The zero-order chi connectivity index (χ0) is 15.7. The van der Waals surface area contributed by atoms with Crippen LogP contribution in [0.1, 0.15) is 65.7 Å². The summed E-state index contributed by atoms with van der Waals surface area (Å²) >= 11 is 0. The van der Waals surface area contributed by atoms with Crippen molar-refractivity contribution in [1.29, 1.82) is 0 Å². The Balaban J connectivity index is 2.60. The zero-order valence-corrected chi connectivity index (χ0v) is 14.2. The Morgan fingerprint density at radius 1 is 1.33 bits per heavy atom. The maximum absolute atomic E-state index is 12.0. The van der Waals surface area contributed by atoms with Gasteiger partial charge in [0.2, 0.25) is 5.91 Å². The summed E-state index contributed by atoms with van der Waals surface area (Å²) in [6.07, 6.45) is 7.90. The van der Waals surface area contributed by atoms with Crippen LogP contribution < -0.4 is 11.1 Å². The maximum Gasteiger partial charge on any atom is 0.221 e. The Morgan fingerprint density at radius 2 is 2.00 bits per heavy atom. The van der Waals surface area contributed by atoms with E-state index in [-0.39, 0.29) is 11.9 Å². The van der Waals surface area contributed by atoms with Crippen LogP contribution in [-0.2, 0) is 4.79 Å². The van der Waals surface area contributed by atoms with Gasteiger partial charge in [-0.25, -0.2) is 0 Å². The molecule has 0 aliphatic heterocycles. The molecule has 21 heavy (non-hydrogen) atoms. The van der Waals surface area contributed by atoms with Gasteiger partial charge in [-0.1, -0.05) is 33.6 Å². The predicted octanol–water partition coefficient (Wildman–Crippen LogP) is 2.52. The fourth-order valence-electron chi connectivity index (χ4n) is 3.19. The van der Waals surface area contributed by atoms with Crippen LogP contribution in [0.15, 0.2) is 0 Å². The first-order chi connectivity index (χ1) is 10.1. The molecule has 0 spiro atoms. The van der Waals surface area contributed by atoms with Crippen molar-refractivity contribution in [3.63, 3.8) is 0 Å². The molecule has 1 atom stereocenters. The molecule has 0 aromatic carbocycles. The van der Waals surface area contributed by atoms with Crippen molar-refractivity contribution in [2.24, 2.45) is 11.7 Å². The van der Waals surface area contributed by atoms with Gasteiger partial charge in [0.1, 0.15) is 0 Å². The van der Waals surface area contributed by atoms with Gasteiger partial charge in [-0.2, -0.15) is 0 Å². The number of carbonyl (C=O) groups excluding carboxylic acids is 1. The van der Waals surface area contributed by atoms with Gasteiger partial charge in [-0.3, -0.25) is 9.69 Å². The average molecular weight is 297 g/mol. The van der Waals surface area contributed by atoms with Crippen molar-refractivity contribution in [3.8, 4) is 0 Å². The summed E-state index contributed by atoms with van der Waals surface area (Å²) < 4.78 is 0. The summed E-state index contributed by atoms with van der Waals surface area (Å²) in [5.41, 5.74) is 6.00. The van der Waals surface area contributed by atoms with Gasteiger partial charge in [0.25, 0.3) is 0 Å². The Labute approximate surface area is 130 Å². The molecule has 3 N–H and O–H groups in total. The van der Waals surface area contributed by atoms with E-state index < -0.39 is 0 Å². The Morgan fingerprint density at radius 3 is 2.52 bits per heavy atom. The van der Waals surface area contributed by atoms with Crippen LogP contribution in [0.2, 0.25) is 0 Å². The molecule has 1 unspecified atom stereocenters. The first-order valence-corrected chi connectivity index (χ1v) is 8.81. The lowest BCUT2D eigenvalue weighted by atomic mass is 10.0. The van der Waals surface area contributed by atoms with E-state index in [0.29, 0.717) is 24.9 Å². The standard InChI is InChI=1S/C17H35N3O/c1-4-10-19-17(21)12-16(13-18)20(11-9-14(2)3)15-7-5-6-8-15/h14-16H,4-13,18H2,1-3H3,(H,19,21). The van der Waals surface area contributed by atoms with Crippen molar-refractivity contribution in [2.45, 2.75) is 77.8 Å². The topological polar surface area (TPSA) is 58.4 Å². The van der Waals surface area contributed by atoms with E-state index in [2.05, 4.69) is 31.0 Å². The van der Waals surface area contributed by atoms with Gasteiger partial charge in [-0.15, -0.1) is 0 Å². The van der Waals surface area contributed by atoms with Crippen LogP contribution in [-0.4, -0.2) is 42.5 Å². The monoisotopic (exact) mass is 297 g/mol. The molecule has 0 saturated heterocycles. The lowest BCUT2D eigenvalue weighted by Gasteiger charge is -2.36. The van der Waals surface area contributed by atoms with E-state index in [4.69, 9.17) is 5.73 Å². The number of hydrogen-bond acceptors (Lipinski definition) is 3. The van der Waals surface area contributed by atoms with E-state index in [9.17, 15) is 4.79 Å². The molecule has 1 amide bonds. The Hall–Kier alpha value is -0.610. The van der Waals surface area contributed by atoms with E-state index in [0.717, 1.165) is 19.5 Å². The normalized spacial score (nSPS) is 17.6. The van der Waals surface area contributed by atoms with Crippen LogP contribution in [0.25, 0.3) is 0 Å². The molecular formula is C17H35N3O. The third-order valence-corrected chi connectivity index (χ3v) is 4.49. The third kappa shape index (κ3) is 6.79. The van der Waals surface area contributed by atoms with E-state index in [1.165, 1.54) is 32.1 Å². The highest BCUT2D eigenvalue weighted by Crippen LogP contribution is 2.26. The molecule has 124 valence electrons. The Kier molecular flexibility index (Phi) is 8.93. The van der Waals surface area contributed by atoms with Gasteiger partial charge in [-0.05, 0) is 38.1 Å². The number of carbonyl (C=O) groups is 1. The second-order valence-corrected chi connectivity index (χ2v) is 6.80. The number of hydrogen-bond donors (Lipinski definition) is 2. The first kappa shape index (κ1) is 18.4. The molecule has 0 heterocycles. The average Bonchev–Trinajstić information content (AvgIpc) is 2.97. The van der Waals surface area contributed by atoms with Gasteiger partial charge in [0, 0.05) is 31.6 Å². The van der Waals surface area contributed by atoms with Crippen molar-refractivity contribution in [1.82, 2.24) is 10.2 Å². The fourth-order valence-corrected chi connectivity index (χ4v) is 3.19. The minimum Gasteiger partial charge on any atom is -0.356 e. The number of nitrogens with zero attached hydrogens (tertiary/aromatic N) is 1. The number of rotatable bonds is 10. The lowest BCUT2D eigenvalue weighted by Crippen LogP contribution is -2.49. The van der Waals surface area contributed by atoms with Gasteiger partial charge < -0.3 is 11.1 Å². The summed E-state index contributed by atoms with van der Waals surface area (Å²) in [4.78, 5) is 14.6. The summed E-state index contributed by atoms with van der Waals surface area (Å²) in [5, 5.41) is 2.99. The second kappa shape index (κ2) is 10.2. The molecule has 0 bridgehead atoms. The van der Waals surface area contributed by atoms with E-state index >= 15 is 0 Å². The van der Waals surface area contributed by atoms with Crippen molar-refractivity contribution >= 4 is 5.91 Å². The number of nitrogens with two attached hydrogens (primary N) is 1. The summed E-state index contributed by atoms with van der Waals surface area (Å²) in [6.45, 7) is 9.02. The highest BCUT2D eigenvalue weighted by molar-refractivity contribution is 5.76. The third-order valence-electron chi connectivity index (χ3n) is 4.49. The van der Waals surface area contributed by atoms with Crippen LogP contribution in [0, 0.1) is 5.92 Å². The molecule has 1 rings (SSSR count). The van der Waals surface area contributed by atoms with Crippen LogP contribution in [0.4, 0.5) is 0 Å². The molecule has 0 radical (unpaired) electrons. The van der Waals surface area contributed by atoms with Crippen LogP contribution >= 0.6 is 0 Å². The fraction of sp³-hybridized carbons (Fsp3) is 0.941. The Bertz CT molecular complexity index is 288. The smallest absolute Gasteiger partial charge is 0.221 e. The summed E-state index contributed by atoms with van der Waals surface area (Å²) in [5.74, 6) is 0.848. The van der Waals surface area contributed by atoms with E-state index in [1.54, 1.807) is 0 Å². The SMILES string of the molecule is CCCNC(=O)CC(CN)N(CCC(C)C)C1CCCC1. The number of amides is 1. The first-order valence-electron chi connectivity index (χ1n) is 8.81. The molecular weight excluding hydrogens is 262 g/mol. The van der Waals surface area contributed by atoms with Gasteiger partial charge >= 0.3 is 0 Å². The molecule has 4 heteroatoms. The molecule has 1 saturated carbocycles. The number of nitrogens with one attached hydrogen (secondary N) is 1. The van der Waals surface area contributed by atoms with Crippen molar-refractivity contribution in [2.75, 3.05) is 19.6 Å². The molecule has 1 aliphatic rings. The second-order valence-electron chi connectivity index (χ2n) is 6.80. The van der Waals surface area contributed by atoms with Crippen LogP contribution in [0.5, 0.6) is 0 Å². The molecule has 1 aliphatic carbocycles. The molecule has 0 aromatic rings. The maximum atomic E-state index is 12.0. The van der Waals surface area contributed by atoms with Gasteiger partial charge in [0.15, 0.2) is 0 Å². The van der Waals surface area contributed by atoms with Crippen LogP contribution in [0.3, 0.4) is 0 Å². The summed E-state index contributed by atoms with van der Waals surface area (Å²) in [7, 11) is 0. The highest BCUT2D eigenvalue weighted by atomic mass is 16.1. The van der Waals surface area contributed by atoms with E-state index in [1.807, 2.05) is 0 Å². The predicted molar refractivity (Wildman–Crippen MR) is 89.2 cm³/mol. The quantitative estimate of drug-likeness (QED) is 0.651. The zero-order valence-electron chi connectivity index (χ0n) is 14.2. The van der Waals surface area contributed by atoms with Crippen molar-refractivity contribution in [3.05, 3.63) is 0 Å². The molecule has 4 nitrogen and oxygen atoms in total. The lowest BCUT2D eigenvalue weighted by molar-refractivity contribution is -0.122.